The van der Waals surface area contributed by atoms with E-state index in [1.807, 2.05) is 0 Å². The van der Waals surface area contributed by atoms with E-state index >= 15 is 0 Å². The maximum absolute atomic E-state index is 12.1. The van der Waals surface area contributed by atoms with Crippen molar-refractivity contribution in [1.82, 2.24) is 4.98 Å². The molecule has 0 amide bonds. The lowest BCUT2D eigenvalue weighted by Gasteiger charge is -2.03. The summed E-state index contributed by atoms with van der Waals surface area (Å²) in [5, 5.41) is 26.1. The Labute approximate surface area is 71.7 Å². The van der Waals surface area contributed by atoms with Gasteiger partial charge < -0.3 is 10.2 Å². The highest BCUT2D eigenvalue weighted by atomic mass is 19.3. The standard InChI is InChI=1S/C7H4F2N2O2/c8-7(9)6-5(13)1-4(12)3(2-10)11-6/h1,7,12-13H. The van der Waals surface area contributed by atoms with Crippen LogP contribution >= 0.6 is 0 Å². The fraction of sp³-hybridized carbons (Fsp3) is 0.143. The Kier molecular flexibility index (Phi) is 2.28. The van der Waals surface area contributed by atoms with Crippen molar-refractivity contribution in [3.8, 4) is 17.6 Å². The number of hydrogen-bond acceptors (Lipinski definition) is 4. The fourth-order valence-electron chi connectivity index (χ4n) is 0.750. The van der Waals surface area contributed by atoms with E-state index in [9.17, 15) is 8.78 Å². The SMILES string of the molecule is N#Cc1nc(C(F)F)c(O)cc1O. The summed E-state index contributed by atoms with van der Waals surface area (Å²) in [6, 6.07) is 2.07. The van der Waals surface area contributed by atoms with E-state index in [-0.39, 0.29) is 0 Å². The first-order chi connectivity index (χ1) is 6.06. The van der Waals surface area contributed by atoms with Gasteiger partial charge in [0, 0.05) is 6.07 Å². The monoisotopic (exact) mass is 186 g/mol. The van der Waals surface area contributed by atoms with Crippen LogP contribution in [-0.4, -0.2) is 15.2 Å². The molecular weight excluding hydrogens is 182 g/mol. The second kappa shape index (κ2) is 3.23. The van der Waals surface area contributed by atoms with E-state index in [0.29, 0.717) is 6.07 Å². The van der Waals surface area contributed by atoms with Gasteiger partial charge in [0.05, 0.1) is 0 Å². The van der Waals surface area contributed by atoms with Crippen LogP contribution in [0.15, 0.2) is 6.07 Å². The van der Waals surface area contributed by atoms with Crippen molar-refractivity contribution in [2.24, 2.45) is 0 Å². The van der Waals surface area contributed by atoms with Crippen LogP contribution in [0.1, 0.15) is 17.8 Å². The van der Waals surface area contributed by atoms with Crippen LogP contribution < -0.4 is 0 Å². The molecule has 0 saturated carbocycles. The molecule has 0 unspecified atom stereocenters. The van der Waals surface area contributed by atoms with Crippen molar-refractivity contribution in [2.45, 2.75) is 6.43 Å². The highest BCUT2D eigenvalue weighted by molar-refractivity contribution is 5.43. The molecule has 0 spiro atoms. The third-order valence-corrected chi connectivity index (χ3v) is 1.32. The Hall–Kier alpha value is -1.90. The lowest BCUT2D eigenvalue weighted by atomic mass is 10.2. The second-order valence-corrected chi connectivity index (χ2v) is 2.17. The lowest BCUT2D eigenvalue weighted by molar-refractivity contribution is 0.141. The van der Waals surface area contributed by atoms with E-state index < -0.39 is 29.3 Å². The van der Waals surface area contributed by atoms with Gasteiger partial charge >= 0.3 is 0 Å². The molecule has 13 heavy (non-hydrogen) atoms. The molecule has 0 bridgehead atoms. The summed E-state index contributed by atoms with van der Waals surface area (Å²) in [6.07, 6.45) is -2.98. The van der Waals surface area contributed by atoms with Crippen molar-refractivity contribution in [2.75, 3.05) is 0 Å². The minimum absolute atomic E-state index is 0.534. The minimum Gasteiger partial charge on any atom is -0.506 e. The van der Waals surface area contributed by atoms with Crippen molar-refractivity contribution in [3.05, 3.63) is 17.5 Å². The fourth-order valence-corrected chi connectivity index (χ4v) is 0.750. The zero-order chi connectivity index (χ0) is 10.0. The molecule has 0 aliphatic carbocycles. The molecule has 0 aliphatic rings. The zero-order valence-corrected chi connectivity index (χ0v) is 6.20. The largest absolute Gasteiger partial charge is 0.506 e. The number of halogens is 2. The van der Waals surface area contributed by atoms with Gasteiger partial charge in [0.15, 0.2) is 11.4 Å². The Balaban J connectivity index is 3.33. The molecule has 2 N–H and O–H groups in total. The number of hydrogen-bond donors (Lipinski definition) is 2. The third-order valence-electron chi connectivity index (χ3n) is 1.32. The van der Waals surface area contributed by atoms with Gasteiger partial charge in [-0.05, 0) is 0 Å². The van der Waals surface area contributed by atoms with E-state index in [2.05, 4.69) is 4.98 Å². The molecule has 68 valence electrons. The number of rotatable bonds is 1. The van der Waals surface area contributed by atoms with Crippen molar-refractivity contribution >= 4 is 0 Å². The summed E-state index contributed by atoms with van der Waals surface area (Å²) in [6.45, 7) is 0. The first-order valence-electron chi connectivity index (χ1n) is 3.17. The third kappa shape index (κ3) is 1.64. The van der Waals surface area contributed by atoms with Crippen molar-refractivity contribution in [3.63, 3.8) is 0 Å². The number of nitriles is 1. The van der Waals surface area contributed by atoms with Crippen molar-refractivity contribution in [1.29, 1.82) is 5.26 Å². The molecule has 1 rings (SSSR count). The first-order valence-corrected chi connectivity index (χ1v) is 3.17. The summed E-state index contributed by atoms with van der Waals surface area (Å²) in [5.74, 6) is -1.45. The quantitative estimate of drug-likeness (QED) is 0.692. The maximum atomic E-state index is 12.1. The molecule has 0 aromatic carbocycles. The molecule has 1 aromatic rings. The molecule has 1 heterocycles. The van der Waals surface area contributed by atoms with E-state index in [1.54, 1.807) is 0 Å². The zero-order valence-electron chi connectivity index (χ0n) is 6.20. The van der Waals surface area contributed by atoms with Gasteiger partial charge in [-0.3, -0.25) is 0 Å². The molecule has 0 atom stereocenters. The highest BCUT2D eigenvalue weighted by Gasteiger charge is 2.17. The summed E-state index contributed by atoms with van der Waals surface area (Å²) >= 11 is 0. The highest BCUT2D eigenvalue weighted by Crippen LogP contribution is 2.30. The molecule has 4 nitrogen and oxygen atoms in total. The molecular formula is C7H4F2N2O2. The van der Waals surface area contributed by atoms with E-state index in [1.165, 1.54) is 6.07 Å². The Bertz CT molecular complexity index is 373. The lowest BCUT2D eigenvalue weighted by Crippen LogP contribution is -1.94. The first kappa shape index (κ1) is 9.19. The van der Waals surface area contributed by atoms with Crippen LogP contribution in [0.2, 0.25) is 0 Å². The molecule has 1 aromatic heterocycles. The summed E-state index contributed by atoms with van der Waals surface area (Å²) in [7, 11) is 0. The van der Waals surface area contributed by atoms with Crippen LogP contribution in [0.5, 0.6) is 11.5 Å². The Morgan fingerprint density at radius 2 is 2.00 bits per heavy atom. The summed E-state index contributed by atoms with van der Waals surface area (Å²) in [4.78, 5) is 3.08. The average Bonchev–Trinajstić information content (AvgIpc) is 2.03. The van der Waals surface area contributed by atoms with Gasteiger partial charge in [-0.2, -0.15) is 5.26 Å². The predicted octanol–water partition coefficient (Wildman–Crippen LogP) is 1.30. The normalized spacial score (nSPS) is 10.0. The van der Waals surface area contributed by atoms with Gasteiger partial charge in [0.2, 0.25) is 0 Å². The maximum Gasteiger partial charge on any atom is 0.284 e. The van der Waals surface area contributed by atoms with Gasteiger partial charge in [0.25, 0.3) is 6.43 Å². The van der Waals surface area contributed by atoms with Crippen LogP contribution in [0.4, 0.5) is 8.78 Å². The molecule has 0 radical (unpaired) electrons. The van der Waals surface area contributed by atoms with E-state index in [0.717, 1.165) is 0 Å². The predicted molar refractivity (Wildman–Crippen MR) is 37.2 cm³/mol. The topological polar surface area (TPSA) is 77.1 Å². The van der Waals surface area contributed by atoms with Crippen molar-refractivity contribution < 1.29 is 19.0 Å². The minimum atomic E-state index is -2.98. The van der Waals surface area contributed by atoms with Gasteiger partial charge in [-0.1, -0.05) is 0 Å². The number of pyridine rings is 1. The average molecular weight is 186 g/mol. The molecule has 6 heteroatoms. The van der Waals surface area contributed by atoms with Crippen LogP contribution in [-0.2, 0) is 0 Å². The molecule has 0 aliphatic heterocycles. The van der Waals surface area contributed by atoms with E-state index in [4.69, 9.17) is 15.5 Å². The van der Waals surface area contributed by atoms with Gasteiger partial charge in [-0.15, -0.1) is 0 Å². The smallest absolute Gasteiger partial charge is 0.284 e. The number of aromatic nitrogens is 1. The Morgan fingerprint density at radius 3 is 2.46 bits per heavy atom. The summed E-state index contributed by atoms with van der Waals surface area (Å²) < 4.78 is 24.1. The van der Waals surface area contributed by atoms with Gasteiger partial charge in [0.1, 0.15) is 17.5 Å². The van der Waals surface area contributed by atoms with Crippen LogP contribution in [0.25, 0.3) is 0 Å². The number of aromatic hydroxyl groups is 2. The second-order valence-electron chi connectivity index (χ2n) is 2.17. The molecule has 0 fully saturated rings. The Morgan fingerprint density at radius 1 is 1.38 bits per heavy atom. The summed E-state index contributed by atoms with van der Waals surface area (Å²) in [5.41, 5.74) is -1.44. The van der Waals surface area contributed by atoms with Crippen LogP contribution in [0, 0.1) is 11.3 Å². The van der Waals surface area contributed by atoms with Gasteiger partial charge in [-0.25, -0.2) is 13.8 Å². The number of nitrogens with zero attached hydrogens (tertiary/aromatic N) is 2. The van der Waals surface area contributed by atoms with Crippen LogP contribution in [0.3, 0.4) is 0 Å². The number of alkyl halides is 2. The molecule has 0 saturated heterocycles.